The third-order valence-corrected chi connectivity index (χ3v) is 3.94. The molecule has 2 heteroatoms. The van der Waals surface area contributed by atoms with Crippen LogP contribution in [0.1, 0.15) is 0 Å². The van der Waals surface area contributed by atoms with Crippen molar-refractivity contribution in [3.8, 4) is 0 Å². The highest BCUT2D eigenvalue weighted by atomic mass is 32.2. The minimum absolute atomic E-state index is 0.803. The van der Waals surface area contributed by atoms with Crippen LogP contribution < -0.4 is 5.73 Å². The van der Waals surface area contributed by atoms with Crippen LogP contribution in [0.25, 0.3) is 10.8 Å². The molecule has 0 saturated heterocycles. The maximum atomic E-state index is 5.70. The van der Waals surface area contributed by atoms with Gasteiger partial charge in [0.15, 0.2) is 0 Å². The molecule has 3 aromatic rings. The molecule has 0 bridgehead atoms. The van der Waals surface area contributed by atoms with Crippen LogP contribution in [0.15, 0.2) is 76.5 Å². The van der Waals surface area contributed by atoms with Crippen LogP contribution in [0, 0.1) is 0 Å². The zero-order chi connectivity index (χ0) is 12.4. The molecule has 18 heavy (non-hydrogen) atoms. The monoisotopic (exact) mass is 251 g/mol. The van der Waals surface area contributed by atoms with Gasteiger partial charge < -0.3 is 5.73 Å². The maximum absolute atomic E-state index is 5.70. The van der Waals surface area contributed by atoms with E-state index in [-0.39, 0.29) is 0 Å². The van der Waals surface area contributed by atoms with Crippen LogP contribution in [-0.2, 0) is 0 Å². The van der Waals surface area contributed by atoms with Gasteiger partial charge in [-0.05, 0) is 41.1 Å². The normalized spacial score (nSPS) is 10.7. The number of nitrogen functional groups attached to an aromatic ring is 1. The molecule has 3 aromatic carbocycles. The highest BCUT2D eigenvalue weighted by molar-refractivity contribution is 7.99. The van der Waals surface area contributed by atoms with Gasteiger partial charge in [0.2, 0.25) is 0 Å². The highest BCUT2D eigenvalue weighted by Crippen LogP contribution is 2.33. The molecular weight excluding hydrogens is 238 g/mol. The van der Waals surface area contributed by atoms with Crippen molar-refractivity contribution in [3.63, 3.8) is 0 Å². The molecule has 88 valence electrons. The lowest BCUT2D eigenvalue weighted by molar-refractivity contribution is 1.44. The minimum Gasteiger partial charge on any atom is -0.399 e. The first kappa shape index (κ1) is 11.2. The number of benzene rings is 3. The Morgan fingerprint density at radius 1 is 0.722 bits per heavy atom. The standard InChI is InChI=1S/C16H13NS/c17-13-8-10-14(11-9-13)18-16-7-3-5-12-4-1-2-6-15(12)16/h1-11H,17H2. The Hall–Kier alpha value is -1.93. The first-order chi connectivity index (χ1) is 8.83. The zero-order valence-corrected chi connectivity index (χ0v) is 10.7. The number of anilines is 1. The SMILES string of the molecule is Nc1ccc(Sc2cccc3ccccc23)cc1. The molecule has 0 fully saturated rings. The van der Waals surface area contributed by atoms with E-state index in [0.717, 1.165) is 5.69 Å². The molecule has 0 heterocycles. The molecule has 0 unspecified atom stereocenters. The number of nitrogens with two attached hydrogens (primary N) is 1. The fourth-order valence-corrected chi connectivity index (χ4v) is 2.92. The van der Waals surface area contributed by atoms with Gasteiger partial charge >= 0.3 is 0 Å². The summed E-state index contributed by atoms with van der Waals surface area (Å²) in [6.45, 7) is 0. The van der Waals surface area contributed by atoms with E-state index in [0.29, 0.717) is 0 Å². The van der Waals surface area contributed by atoms with Crippen LogP contribution in [0.5, 0.6) is 0 Å². The Morgan fingerprint density at radius 2 is 1.44 bits per heavy atom. The first-order valence-electron chi connectivity index (χ1n) is 5.84. The van der Waals surface area contributed by atoms with E-state index in [9.17, 15) is 0 Å². The summed E-state index contributed by atoms with van der Waals surface area (Å²) in [5.41, 5.74) is 6.50. The fourth-order valence-electron chi connectivity index (χ4n) is 1.95. The Balaban J connectivity index is 2.02. The van der Waals surface area contributed by atoms with Crippen molar-refractivity contribution in [2.75, 3.05) is 5.73 Å². The Morgan fingerprint density at radius 3 is 2.28 bits per heavy atom. The van der Waals surface area contributed by atoms with Gasteiger partial charge in [-0.3, -0.25) is 0 Å². The maximum Gasteiger partial charge on any atom is 0.0314 e. The molecule has 2 N–H and O–H groups in total. The zero-order valence-electron chi connectivity index (χ0n) is 9.84. The lowest BCUT2D eigenvalue weighted by Gasteiger charge is -2.06. The quantitative estimate of drug-likeness (QED) is 0.675. The van der Waals surface area contributed by atoms with Crippen molar-refractivity contribution in [3.05, 3.63) is 66.7 Å². The number of fused-ring (bicyclic) bond motifs is 1. The molecule has 1 nitrogen and oxygen atoms in total. The summed E-state index contributed by atoms with van der Waals surface area (Å²) >= 11 is 1.77. The highest BCUT2D eigenvalue weighted by Gasteiger charge is 2.02. The molecule has 3 rings (SSSR count). The van der Waals surface area contributed by atoms with Crippen LogP contribution >= 0.6 is 11.8 Å². The lowest BCUT2D eigenvalue weighted by atomic mass is 10.1. The summed E-state index contributed by atoms with van der Waals surface area (Å²) in [5.74, 6) is 0. The van der Waals surface area contributed by atoms with Crippen LogP contribution in [0.4, 0.5) is 5.69 Å². The van der Waals surface area contributed by atoms with Gasteiger partial charge in [-0.2, -0.15) is 0 Å². The second kappa shape index (κ2) is 4.75. The predicted octanol–water partition coefficient (Wildman–Crippen LogP) is 4.57. The summed E-state index contributed by atoms with van der Waals surface area (Å²) in [5, 5.41) is 2.57. The average Bonchev–Trinajstić information content (AvgIpc) is 2.42. The van der Waals surface area contributed by atoms with E-state index in [2.05, 4.69) is 54.6 Å². The lowest BCUT2D eigenvalue weighted by Crippen LogP contribution is -1.83. The summed E-state index contributed by atoms with van der Waals surface area (Å²) in [4.78, 5) is 2.48. The molecule has 0 aromatic heterocycles. The summed E-state index contributed by atoms with van der Waals surface area (Å²) in [6.07, 6.45) is 0. The molecule has 0 atom stereocenters. The molecular formula is C16H13NS. The molecule has 0 aliphatic heterocycles. The van der Waals surface area contributed by atoms with Gasteiger partial charge in [-0.15, -0.1) is 0 Å². The third kappa shape index (κ3) is 2.20. The van der Waals surface area contributed by atoms with Crippen molar-refractivity contribution >= 4 is 28.2 Å². The average molecular weight is 251 g/mol. The van der Waals surface area contributed by atoms with Crippen LogP contribution in [0.3, 0.4) is 0 Å². The van der Waals surface area contributed by atoms with Crippen molar-refractivity contribution in [2.24, 2.45) is 0 Å². The van der Waals surface area contributed by atoms with Gasteiger partial charge in [-0.25, -0.2) is 0 Å². The topological polar surface area (TPSA) is 26.0 Å². The second-order valence-corrected chi connectivity index (χ2v) is 5.26. The van der Waals surface area contributed by atoms with Crippen molar-refractivity contribution in [1.82, 2.24) is 0 Å². The predicted molar refractivity (Wildman–Crippen MR) is 78.9 cm³/mol. The van der Waals surface area contributed by atoms with Crippen LogP contribution in [-0.4, -0.2) is 0 Å². The van der Waals surface area contributed by atoms with E-state index in [1.165, 1.54) is 20.6 Å². The van der Waals surface area contributed by atoms with Gasteiger partial charge in [-0.1, -0.05) is 48.2 Å². The first-order valence-corrected chi connectivity index (χ1v) is 6.66. The van der Waals surface area contributed by atoms with E-state index < -0.39 is 0 Å². The van der Waals surface area contributed by atoms with Crippen molar-refractivity contribution in [1.29, 1.82) is 0 Å². The number of hydrogen-bond acceptors (Lipinski definition) is 2. The van der Waals surface area contributed by atoms with Gasteiger partial charge in [0.1, 0.15) is 0 Å². The van der Waals surface area contributed by atoms with Gasteiger partial charge in [0, 0.05) is 15.5 Å². The largest absolute Gasteiger partial charge is 0.399 e. The Bertz CT molecular complexity index is 669. The van der Waals surface area contributed by atoms with E-state index in [1.807, 2.05) is 12.1 Å². The Labute approximate surface area is 111 Å². The summed E-state index contributed by atoms with van der Waals surface area (Å²) in [6, 6.07) is 22.8. The molecule has 0 aliphatic carbocycles. The molecule has 0 aliphatic rings. The second-order valence-electron chi connectivity index (χ2n) is 4.15. The number of hydrogen-bond donors (Lipinski definition) is 1. The Kier molecular flexibility index (Phi) is 2.95. The smallest absolute Gasteiger partial charge is 0.0314 e. The minimum atomic E-state index is 0.803. The van der Waals surface area contributed by atoms with Crippen LogP contribution in [0.2, 0.25) is 0 Å². The molecule has 0 spiro atoms. The van der Waals surface area contributed by atoms with Gasteiger partial charge in [0.25, 0.3) is 0 Å². The van der Waals surface area contributed by atoms with Crippen molar-refractivity contribution in [2.45, 2.75) is 9.79 Å². The summed E-state index contributed by atoms with van der Waals surface area (Å²) in [7, 11) is 0. The van der Waals surface area contributed by atoms with Gasteiger partial charge in [0.05, 0.1) is 0 Å². The third-order valence-electron chi connectivity index (χ3n) is 2.86. The summed E-state index contributed by atoms with van der Waals surface area (Å²) < 4.78 is 0. The van der Waals surface area contributed by atoms with Crippen molar-refractivity contribution < 1.29 is 0 Å². The molecule has 0 radical (unpaired) electrons. The van der Waals surface area contributed by atoms with E-state index >= 15 is 0 Å². The number of rotatable bonds is 2. The molecule has 0 amide bonds. The van der Waals surface area contributed by atoms with E-state index in [4.69, 9.17) is 5.73 Å². The fraction of sp³-hybridized carbons (Fsp3) is 0. The molecule has 0 saturated carbocycles. The van der Waals surface area contributed by atoms with E-state index in [1.54, 1.807) is 11.8 Å².